The van der Waals surface area contributed by atoms with E-state index >= 15 is 0 Å². The molecule has 5 heterocycles. The van der Waals surface area contributed by atoms with Gasteiger partial charge >= 0.3 is 6.01 Å². The first-order valence-corrected chi connectivity index (χ1v) is 17.3. The summed E-state index contributed by atoms with van der Waals surface area (Å²) in [5.74, 6) is 0.723. The summed E-state index contributed by atoms with van der Waals surface area (Å²) < 4.78 is 19.5. The second kappa shape index (κ2) is 14.2. The molecule has 0 radical (unpaired) electrons. The maximum atomic E-state index is 13.3. The van der Waals surface area contributed by atoms with E-state index in [1.807, 2.05) is 17.0 Å². The highest BCUT2D eigenvalue weighted by Crippen LogP contribution is 2.37. The van der Waals surface area contributed by atoms with E-state index in [1.165, 1.54) is 0 Å². The van der Waals surface area contributed by atoms with Crippen LogP contribution in [-0.2, 0) is 17.8 Å². The molecule has 4 aliphatic heterocycles. The number of rotatable bonds is 9. The van der Waals surface area contributed by atoms with E-state index in [1.54, 1.807) is 17.1 Å². The largest absolute Gasteiger partial charge is 0.462 e. The van der Waals surface area contributed by atoms with Crippen LogP contribution < -0.4 is 14.5 Å². The number of aromatic nitrogens is 2. The molecular formula is C36H42ClFN8O2. The summed E-state index contributed by atoms with van der Waals surface area (Å²) in [6, 6.07) is 12.7. The van der Waals surface area contributed by atoms with Gasteiger partial charge in [0.15, 0.2) is 0 Å². The predicted octanol–water partition coefficient (Wildman–Crippen LogP) is 4.47. The number of carbonyl (C=O) groups is 1. The Morgan fingerprint density at radius 1 is 1.08 bits per heavy atom. The molecule has 10 nitrogen and oxygen atoms in total. The van der Waals surface area contributed by atoms with E-state index < -0.39 is 6.17 Å². The average Bonchev–Trinajstić information content (AvgIpc) is 3.50. The lowest BCUT2D eigenvalue weighted by Gasteiger charge is -2.41. The molecule has 3 saturated heterocycles. The van der Waals surface area contributed by atoms with Gasteiger partial charge in [-0.1, -0.05) is 41.9 Å². The summed E-state index contributed by atoms with van der Waals surface area (Å²) in [5, 5.41) is 2.86. The van der Waals surface area contributed by atoms with E-state index in [2.05, 4.69) is 50.9 Å². The maximum Gasteiger partial charge on any atom is 0.318 e. The number of piperazine rings is 1. The van der Waals surface area contributed by atoms with Crippen molar-refractivity contribution >= 4 is 39.8 Å². The molecule has 4 aliphatic rings. The van der Waals surface area contributed by atoms with E-state index in [4.69, 9.17) is 32.9 Å². The zero-order valence-electron chi connectivity index (χ0n) is 27.4. The third kappa shape index (κ3) is 6.79. The molecule has 0 saturated carbocycles. The van der Waals surface area contributed by atoms with Crippen molar-refractivity contribution in [2.45, 2.75) is 44.1 Å². The van der Waals surface area contributed by atoms with Crippen molar-refractivity contribution in [3.63, 3.8) is 0 Å². The van der Waals surface area contributed by atoms with Crippen LogP contribution in [0.2, 0.25) is 5.02 Å². The van der Waals surface area contributed by atoms with Gasteiger partial charge in [-0.25, -0.2) is 11.0 Å². The number of benzene rings is 2. The quantitative estimate of drug-likeness (QED) is 0.244. The Bertz CT molecular complexity index is 1720. The monoisotopic (exact) mass is 672 g/mol. The second-order valence-electron chi connectivity index (χ2n) is 13.3. The molecule has 12 heteroatoms. The van der Waals surface area contributed by atoms with Gasteiger partial charge in [0.2, 0.25) is 12.5 Å². The van der Waals surface area contributed by atoms with Crippen LogP contribution >= 0.6 is 11.6 Å². The SMILES string of the molecule is [C-]#[N+]C[C@H]1CN(c2nc(OC[C@@H]3CCCN3C)nc3c2CCN(c2cccc4cccc(Cl)c24)C3)CCN1C(=O)/C=C/CN1CC(F)C1. The number of ether oxygens (including phenoxy) is 1. The molecule has 0 bridgehead atoms. The number of hydrogen-bond donors (Lipinski definition) is 0. The highest BCUT2D eigenvalue weighted by atomic mass is 35.5. The normalized spacial score (nSPS) is 22.2. The van der Waals surface area contributed by atoms with Crippen molar-refractivity contribution in [3.05, 3.63) is 76.2 Å². The Balaban J connectivity index is 1.14. The summed E-state index contributed by atoms with van der Waals surface area (Å²) in [4.78, 5) is 37.6. The topological polar surface area (TPSA) is 72.6 Å². The number of hydrogen-bond acceptors (Lipinski definition) is 8. The Morgan fingerprint density at radius 3 is 2.69 bits per heavy atom. The Morgan fingerprint density at radius 2 is 1.92 bits per heavy atom. The Kier molecular flexibility index (Phi) is 9.66. The molecule has 0 unspecified atom stereocenters. The standard InChI is InChI=1S/C36H42ClFN8O2/c1-39-19-28-22-45(17-18-46(28)33(47)12-6-15-43-20-26(38)21-43)35-29-13-16-44(32-11-4-8-25-7-3-10-30(37)34(25)32)23-31(29)40-36(41-35)48-24-27-9-5-14-42(27)2/h3-4,6-8,10-12,26-28H,5,9,13-24H2,2H3/b12-6+/t27-,28-/m0/s1. The number of carbonyl (C=O) groups excluding carboxylic acids is 1. The molecule has 0 N–H and O–H groups in total. The first-order chi connectivity index (χ1) is 23.4. The lowest BCUT2D eigenvalue weighted by Crippen LogP contribution is -2.56. The molecule has 3 aromatic rings. The van der Waals surface area contributed by atoms with Gasteiger partial charge in [0.1, 0.15) is 24.6 Å². The molecular weight excluding hydrogens is 631 g/mol. The van der Waals surface area contributed by atoms with Gasteiger partial charge in [0, 0.05) is 74.6 Å². The number of likely N-dealkylation sites (tertiary alicyclic amines) is 2. The van der Waals surface area contributed by atoms with Crippen molar-refractivity contribution < 1.29 is 13.9 Å². The van der Waals surface area contributed by atoms with Crippen molar-refractivity contribution in [2.75, 3.05) is 82.4 Å². The fourth-order valence-electron chi connectivity index (χ4n) is 7.47. The van der Waals surface area contributed by atoms with Gasteiger partial charge in [-0.3, -0.25) is 9.69 Å². The zero-order chi connectivity index (χ0) is 33.2. The molecule has 0 aliphatic carbocycles. The Hall–Kier alpha value is -3.98. The molecule has 1 amide bonds. The van der Waals surface area contributed by atoms with Crippen LogP contribution in [0, 0.1) is 6.57 Å². The number of nitrogens with zero attached hydrogens (tertiary/aromatic N) is 8. The second-order valence-corrected chi connectivity index (χ2v) is 13.7. The van der Waals surface area contributed by atoms with Gasteiger partial charge in [-0.05, 0) is 50.4 Å². The van der Waals surface area contributed by atoms with Crippen molar-refractivity contribution in [1.29, 1.82) is 0 Å². The summed E-state index contributed by atoms with van der Waals surface area (Å²) in [6.45, 7) is 13.7. The molecule has 48 heavy (non-hydrogen) atoms. The zero-order valence-corrected chi connectivity index (χ0v) is 28.2. The van der Waals surface area contributed by atoms with Crippen LogP contribution in [0.3, 0.4) is 0 Å². The predicted molar refractivity (Wildman–Crippen MR) is 187 cm³/mol. The number of fused-ring (bicyclic) bond motifs is 2. The van der Waals surface area contributed by atoms with Gasteiger partial charge in [0.25, 0.3) is 0 Å². The molecule has 252 valence electrons. The van der Waals surface area contributed by atoms with Crippen molar-refractivity contribution in [3.8, 4) is 6.01 Å². The van der Waals surface area contributed by atoms with Crippen LogP contribution in [0.25, 0.3) is 15.6 Å². The first-order valence-electron chi connectivity index (χ1n) is 16.9. The number of alkyl halides is 1. The van der Waals surface area contributed by atoms with E-state index in [0.29, 0.717) is 64.5 Å². The lowest BCUT2D eigenvalue weighted by molar-refractivity contribution is -0.128. The fraction of sp³-hybridized carbons (Fsp3) is 0.500. The van der Waals surface area contributed by atoms with Crippen molar-refractivity contribution in [1.82, 2.24) is 24.7 Å². The first kappa shape index (κ1) is 32.6. The summed E-state index contributed by atoms with van der Waals surface area (Å²) in [5.41, 5.74) is 3.09. The molecule has 2 atom stereocenters. The summed E-state index contributed by atoms with van der Waals surface area (Å²) in [7, 11) is 2.13. The lowest BCUT2D eigenvalue weighted by atomic mass is 10.0. The van der Waals surface area contributed by atoms with Crippen molar-refractivity contribution in [2.24, 2.45) is 0 Å². The average molecular weight is 673 g/mol. The van der Waals surface area contributed by atoms with Gasteiger partial charge in [-0.2, -0.15) is 9.97 Å². The summed E-state index contributed by atoms with van der Waals surface area (Å²) in [6.07, 6.45) is 5.58. The van der Waals surface area contributed by atoms with Crippen LogP contribution in [0.15, 0.2) is 48.6 Å². The van der Waals surface area contributed by atoms with Crippen LogP contribution in [0.4, 0.5) is 15.9 Å². The van der Waals surface area contributed by atoms with E-state index in [0.717, 1.165) is 70.9 Å². The van der Waals surface area contributed by atoms with Crippen LogP contribution in [0.1, 0.15) is 24.1 Å². The smallest absolute Gasteiger partial charge is 0.318 e. The highest BCUT2D eigenvalue weighted by molar-refractivity contribution is 6.36. The maximum absolute atomic E-state index is 13.3. The van der Waals surface area contributed by atoms with E-state index in [-0.39, 0.29) is 18.5 Å². The third-order valence-corrected chi connectivity index (χ3v) is 10.5. The van der Waals surface area contributed by atoms with E-state index in [9.17, 15) is 9.18 Å². The van der Waals surface area contributed by atoms with Crippen LogP contribution in [-0.4, -0.2) is 121 Å². The highest BCUT2D eigenvalue weighted by Gasteiger charge is 2.35. The fourth-order valence-corrected chi connectivity index (χ4v) is 7.75. The Labute approximate surface area is 286 Å². The number of halogens is 2. The van der Waals surface area contributed by atoms with Crippen LogP contribution in [0.5, 0.6) is 6.01 Å². The minimum Gasteiger partial charge on any atom is -0.462 e. The van der Waals surface area contributed by atoms with Gasteiger partial charge < -0.3 is 29.2 Å². The summed E-state index contributed by atoms with van der Waals surface area (Å²) >= 11 is 6.73. The molecule has 7 rings (SSSR count). The molecule has 0 spiro atoms. The molecule has 3 fully saturated rings. The number of amides is 1. The molecule has 1 aromatic heterocycles. The number of likely N-dealkylation sites (N-methyl/N-ethyl adjacent to an activating group) is 1. The van der Waals surface area contributed by atoms with Gasteiger partial charge in [0.05, 0.1) is 17.3 Å². The molecule has 2 aromatic carbocycles. The number of anilines is 2. The van der Waals surface area contributed by atoms with Gasteiger partial charge in [-0.15, -0.1) is 0 Å². The minimum absolute atomic E-state index is 0.112. The third-order valence-electron chi connectivity index (χ3n) is 10.2. The minimum atomic E-state index is -0.771.